The molecule has 0 aromatic heterocycles. The molecule has 1 saturated carbocycles. The van der Waals surface area contributed by atoms with Crippen molar-refractivity contribution in [1.82, 2.24) is 9.80 Å². The van der Waals surface area contributed by atoms with Gasteiger partial charge in [0.2, 0.25) is 5.78 Å². The van der Waals surface area contributed by atoms with Gasteiger partial charge in [-0.3, -0.25) is 24.2 Å². The Morgan fingerprint density at radius 3 is 2.24 bits per heavy atom. The number of anilines is 1. The smallest absolute Gasteiger partial charge is 0.209 e. The Labute approximate surface area is 245 Å². The second-order valence-corrected chi connectivity index (χ2v) is 13.6. The highest BCUT2D eigenvalue weighted by Crippen LogP contribution is 2.55. The highest BCUT2D eigenvalue weighted by molar-refractivity contribution is 6.25. The maximum atomic E-state index is 14.2. The molecule has 42 heavy (non-hydrogen) atoms. The number of piperidine rings is 1. The first-order valence-electron chi connectivity index (χ1n) is 14.8. The van der Waals surface area contributed by atoms with Gasteiger partial charge in [-0.25, -0.2) is 0 Å². The number of carbonyl (C=O) groups is 3. The lowest BCUT2D eigenvalue weighted by Crippen LogP contribution is -2.63. The van der Waals surface area contributed by atoms with Crippen LogP contribution in [-0.4, -0.2) is 100 Å². The molecule has 0 radical (unpaired) electrons. The Morgan fingerprint density at radius 2 is 1.69 bits per heavy atom. The van der Waals surface area contributed by atoms with E-state index >= 15 is 0 Å². The molecule has 4 atom stereocenters. The van der Waals surface area contributed by atoms with E-state index in [-0.39, 0.29) is 23.3 Å². The molecule has 0 bridgehead atoms. The molecule has 2 fully saturated rings. The largest absolute Gasteiger partial charge is 0.510 e. The molecule has 226 valence electrons. The van der Waals surface area contributed by atoms with Crippen LogP contribution < -0.4 is 4.90 Å². The summed E-state index contributed by atoms with van der Waals surface area (Å²) in [6.07, 6.45) is 5.24. The number of hydrogen-bond donors (Lipinski definition) is 4. The molecule has 1 aromatic rings. The number of ketones is 3. The van der Waals surface area contributed by atoms with Crippen molar-refractivity contribution in [3.05, 3.63) is 45.4 Å². The van der Waals surface area contributed by atoms with Crippen molar-refractivity contribution >= 4 is 23.0 Å². The molecular formula is C32H41N3O7. The van der Waals surface area contributed by atoms with Crippen molar-refractivity contribution in [2.75, 3.05) is 46.2 Å². The van der Waals surface area contributed by atoms with E-state index in [9.17, 15) is 34.8 Å². The van der Waals surface area contributed by atoms with Gasteiger partial charge in [0, 0.05) is 43.4 Å². The minimum Gasteiger partial charge on any atom is -0.510 e. The normalized spacial score (nSPS) is 30.4. The van der Waals surface area contributed by atoms with E-state index in [2.05, 4.69) is 4.90 Å². The summed E-state index contributed by atoms with van der Waals surface area (Å²) < 4.78 is 0. The van der Waals surface area contributed by atoms with E-state index < -0.39 is 57.9 Å². The summed E-state index contributed by atoms with van der Waals surface area (Å²) in [5.41, 5.74) is -0.577. The van der Waals surface area contributed by atoms with Crippen LogP contribution in [0.25, 0.3) is 0 Å². The molecule has 1 heterocycles. The van der Waals surface area contributed by atoms with Gasteiger partial charge >= 0.3 is 0 Å². The zero-order valence-corrected chi connectivity index (χ0v) is 25.0. The van der Waals surface area contributed by atoms with Crippen LogP contribution in [0.15, 0.2) is 28.7 Å². The first-order valence-corrected chi connectivity index (χ1v) is 14.8. The summed E-state index contributed by atoms with van der Waals surface area (Å²) in [6, 6.07) is 1.01. The summed E-state index contributed by atoms with van der Waals surface area (Å²) in [6.45, 7) is 3.46. The van der Waals surface area contributed by atoms with E-state index in [0.29, 0.717) is 29.5 Å². The van der Waals surface area contributed by atoms with Gasteiger partial charge in [-0.15, -0.1) is 0 Å². The lowest BCUT2D eigenvalue weighted by molar-refractivity contribution is -0.148. The number of likely N-dealkylation sites (N-methyl/N-ethyl adjacent to an activating group) is 1. The number of aliphatic hydroxyl groups excluding tert-OH is 2. The van der Waals surface area contributed by atoms with Gasteiger partial charge in [0.25, 0.3) is 0 Å². The van der Waals surface area contributed by atoms with Crippen LogP contribution in [0.5, 0.6) is 5.75 Å². The third-order valence-electron chi connectivity index (χ3n) is 10.6. The summed E-state index contributed by atoms with van der Waals surface area (Å²) in [4.78, 5) is 46.1. The number of nitrogens with zero attached hydrogens (tertiary/aromatic N) is 3. The Kier molecular flexibility index (Phi) is 6.64. The highest BCUT2D eigenvalue weighted by atomic mass is 16.3. The molecule has 0 unspecified atom stereocenters. The average Bonchev–Trinajstić information content (AvgIpc) is 3.67. The first kappa shape index (κ1) is 28.9. The Hall–Kier alpha value is -3.21. The van der Waals surface area contributed by atoms with E-state index in [0.717, 1.165) is 38.5 Å². The van der Waals surface area contributed by atoms with Crippen LogP contribution in [-0.2, 0) is 22.6 Å². The molecule has 6 rings (SSSR count). The number of hydrogen-bond acceptors (Lipinski definition) is 10. The van der Waals surface area contributed by atoms with Gasteiger partial charge in [-0.2, -0.15) is 0 Å². The summed E-state index contributed by atoms with van der Waals surface area (Å²) >= 11 is 0. The van der Waals surface area contributed by atoms with E-state index in [1.165, 1.54) is 12.8 Å². The first-order chi connectivity index (χ1) is 19.7. The molecule has 5 aliphatic rings. The number of likely N-dealkylation sites (tertiary alicyclic amines) is 1. The lowest BCUT2D eigenvalue weighted by atomic mass is 9.58. The van der Waals surface area contributed by atoms with E-state index in [1.54, 1.807) is 19.0 Å². The molecule has 10 heteroatoms. The molecular weight excluding hydrogens is 538 g/mol. The quantitative estimate of drug-likeness (QED) is 0.385. The lowest BCUT2D eigenvalue weighted by Gasteiger charge is -2.50. The zero-order valence-electron chi connectivity index (χ0n) is 25.0. The van der Waals surface area contributed by atoms with Crippen LogP contribution in [0, 0.1) is 17.3 Å². The number of rotatable bonds is 5. The third-order valence-corrected chi connectivity index (χ3v) is 10.6. The highest BCUT2D eigenvalue weighted by Gasteiger charge is 2.63. The van der Waals surface area contributed by atoms with E-state index in [1.807, 2.05) is 25.1 Å². The van der Waals surface area contributed by atoms with Crippen molar-refractivity contribution in [3.63, 3.8) is 0 Å². The fourth-order valence-electron chi connectivity index (χ4n) is 8.08. The van der Waals surface area contributed by atoms with Gasteiger partial charge < -0.3 is 25.3 Å². The van der Waals surface area contributed by atoms with Crippen LogP contribution in [0.4, 0.5) is 5.69 Å². The van der Waals surface area contributed by atoms with Gasteiger partial charge in [-0.05, 0) is 95.6 Å². The fourth-order valence-corrected chi connectivity index (χ4v) is 8.08. The van der Waals surface area contributed by atoms with Gasteiger partial charge in [0.05, 0.1) is 11.6 Å². The number of phenols is 1. The number of allylic oxidation sites excluding steroid dienone is 1. The van der Waals surface area contributed by atoms with Crippen LogP contribution in [0.3, 0.4) is 0 Å². The van der Waals surface area contributed by atoms with E-state index in [4.69, 9.17) is 0 Å². The third kappa shape index (κ3) is 4.06. The second kappa shape index (κ2) is 9.65. The second-order valence-electron chi connectivity index (χ2n) is 13.6. The molecule has 1 saturated heterocycles. The Morgan fingerprint density at radius 1 is 1.05 bits per heavy atom. The minimum absolute atomic E-state index is 0.0873. The molecule has 4 N–H and O–H groups in total. The number of aromatic hydroxyl groups is 1. The Balaban J connectivity index is 1.45. The predicted octanol–water partition coefficient (Wildman–Crippen LogP) is 2.67. The minimum atomic E-state index is -2.56. The summed E-state index contributed by atoms with van der Waals surface area (Å²) in [5, 5.41) is 46.1. The van der Waals surface area contributed by atoms with Gasteiger partial charge in [0.15, 0.2) is 17.2 Å². The summed E-state index contributed by atoms with van der Waals surface area (Å²) in [5.74, 6) is -5.40. The summed E-state index contributed by atoms with van der Waals surface area (Å²) in [7, 11) is 7.08. The topological polar surface area (TPSA) is 142 Å². The van der Waals surface area contributed by atoms with Crippen molar-refractivity contribution in [2.24, 2.45) is 17.3 Å². The monoisotopic (exact) mass is 579 g/mol. The molecule has 10 nitrogen and oxygen atoms in total. The molecule has 4 aliphatic carbocycles. The maximum absolute atomic E-state index is 14.2. The molecule has 1 spiro atoms. The molecule has 1 aliphatic heterocycles. The fraction of sp³-hybridized carbons (Fsp3) is 0.594. The SMILES string of the molecule is CC(=O)C1=C(O)[C@@H](N(C)C)[C@@H]2C[C@@H]3Cc4c(N(C)C)cc(CN5CCC6(CC5)CC6)c(O)c4C(=O)C3=C(O)[C@]2(O)C1=O. The standard InChI is InChI=1S/C32H41N3O7/c1-16(36)22-28(39)25(34(4)5)20-13-17-12-19-21(33(2)3)14-18(15-35-10-8-31(6-7-31)9-11-35)26(37)24(19)27(38)23(17)30(41)32(20,42)29(22)40/h14,17,20,25,37,39,41-42H,6-13,15H2,1-5H3/t17-,20-,25-,32+/m0/s1. The number of aliphatic hydroxyl groups is 3. The number of benzene rings is 1. The molecule has 0 amide bonds. The number of carbonyl (C=O) groups excluding carboxylic acids is 3. The van der Waals surface area contributed by atoms with Crippen molar-refractivity contribution < 1.29 is 34.8 Å². The number of Topliss-reactive ketones (excluding diaryl/α,β-unsaturated/α-hetero) is 3. The van der Waals surface area contributed by atoms with Crippen molar-refractivity contribution in [1.29, 1.82) is 0 Å². The maximum Gasteiger partial charge on any atom is 0.209 e. The van der Waals surface area contributed by atoms with Crippen LogP contribution in [0.2, 0.25) is 0 Å². The van der Waals surface area contributed by atoms with Crippen molar-refractivity contribution in [3.8, 4) is 5.75 Å². The predicted molar refractivity (Wildman–Crippen MR) is 156 cm³/mol. The van der Waals surface area contributed by atoms with Crippen LogP contribution >= 0.6 is 0 Å². The molecule has 1 aromatic carbocycles. The van der Waals surface area contributed by atoms with Gasteiger partial charge in [-0.1, -0.05) is 0 Å². The average molecular weight is 580 g/mol. The van der Waals surface area contributed by atoms with Crippen LogP contribution in [0.1, 0.15) is 60.5 Å². The number of fused-ring (bicyclic) bond motifs is 3. The Bertz CT molecular complexity index is 1460. The van der Waals surface area contributed by atoms with Crippen molar-refractivity contribution in [2.45, 2.75) is 63.6 Å². The zero-order chi connectivity index (χ0) is 30.5. The van der Waals surface area contributed by atoms with Gasteiger partial charge in [0.1, 0.15) is 22.8 Å². The number of phenolic OH excluding ortho intramolecular Hbond substituents is 1.